The van der Waals surface area contributed by atoms with E-state index in [1.807, 2.05) is 4.90 Å². The molecule has 160 valence electrons. The molecule has 0 unspecified atom stereocenters. The quantitative estimate of drug-likeness (QED) is 0.671. The number of nitrogens with two attached hydrogens (primary N) is 1. The third-order valence-corrected chi connectivity index (χ3v) is 6.65. The van der Waals surface area contributed by atoms with Crippen molar-refractivity contribution in [3.8, 4) is 5.75 Å². The zero-order chi connectivity index (χ0) is 21.5. The van der Waals surface area contributed by atoms with Crippen LogP contribution in [0.25, 0.3) is 11.0 Å². The van der Waals surface area contributed by atoms with Crippen LogP contribution in [0.15, 0.2) is 53.7 Å². The molecule has 2 aromatic heterocycles. The Balaban J connectivity index is 1.78. The lowest BCUT2D eigenvalue weighted by molar-refractivity contribution is -0.274. The second kappa shape index (κ2) is 7.47. The van der Waals surface area contributed by atoms with Gasteiger partial charge in [0.2, 0.25) is 0 Å². The van der Waals surface area contributed by atoms with Crippen molar-refractivity contribution >= 4 is 26.7 Å². The number of rotatable bonds is 4. The topological polar surface area (TPSA) is 90.5 Å². The third kappa shape index (κ3) is 3.94. The molecule has 0 saturated carbocycles. The first-order valence-corrected chi connectivity index (χ1v) is 10.7. The van der Waals surface area contributed by atoms with Gasteiger partial charge in [-0.25, -0.2) is 12.4 Å². The van der Waals surface area contributed by atoms with Gasteiger partial charge in [0.15, 0.2) is 0 Å². The van der Waals surface area contributed by atoms with E-state index in [4.69, 9.17) is 5.73 Å². The molecule has 1 aliphatic heterocycles. The number of pyridine rings is 1. The van der Waals surface area contributed by atoms with Crippen LogP contribution in [0.2, 0.25) is 0 Å². The number of hydrogen-bond donors (Lipinski definition) is 1. The number of benzene rings is 1. The number of aromatic nitrogens is 2. The average molecular weight is 440 g/mol. The molecule has 0 aliphatic carbocycles. The number of halogens is 3. The predicted molar refractivity (Wildman–Crippen MR) is 105 cm³/mol. The van der Waals surface area contributed by atoms with E-state index in [0.717, 1.165) is 28.9 Å². The van der Waals surface area contributed by atoms with Crippen molar-refractivity contribution in [2.24, 2.45) is 5.73 Å². The summed E-state index contributed by atoms with van der Waals surface area (Å²) in [6.45, 7) is 1.32. The highest BCUT2D eigenvalue weighted by atomic mass is 32.2. The normalized spacial score (nSPS) is 16.2. The molecule has 1 aliphatic rings. The largest absolute Gasteiger partial charge is 0.573 e. The van der Waals surface area contributed by atoms with Crippen LogP contribution in [0, 0.1) is 0 Å². The molecule has 3 heterocycles. The molecule has 0 radical (unpaired) electrons. The van der Waals surface area contributed by atoms with Gasteiger partial charge in [0, 0.05) is 37.6 Å². The van der Waals surface area contributed by atoms with Crippen LogP contribution in [0.1, 0.15) is 12.8 Å². The molecule has 4 rings (SSSR count). The fourth-order valence-electron chi connectivity index (χ4n) is 3.53. The first-order valence-electron chi connectivity index (χ1n) is 9.23. The third-order valence-electron chi connectivity index (χ3n) is 4.98. The highest BCUT2D eigenvalue weighted by Crippen LogP contribution is 2.33. The van der Waals surface area contributed by atoms with Crippen molar-refractivity contribution in [2.75, 3.05) is 18.0 Å². The predicted octanol–water partition coefficient (Wildman–Crippen LogP) is 3.10. The fourth-order valence-corrected chi connectivity index (χ4v) is 4.92. The molecule has 2 N–H and O–H groups in total. The first kappa shape index (κ1) is 20.5. The number of ether oxygens (including phenoxy) is 1. The smallest absolute Gasteiger partial charge is 0.406 e. The van der Waals surface area contributed by atoms with Crippen LogP contribution in [-0.4, -0.2) is 42.9 Å². The summed E-state index contributed by atoms with van der Waals surface area (Å²) in [6, 6.07) is 7.63. The van der Waals surface area contributed by atoms with Gasteiger partial charge < -0.3 is 15.4 Å². The van der Waals surface area contributed by atoms with E-state index in [9.17, 15) is 21.6 Å². The van der Waals surface area contributed by atoms with Crippen molar-refractivity contribution < 1.29 is 26.3 Å². The van der Waals surface area contributed by atoms with Gasteiger partial charge in [-0.05, 0) is 37.1 Å². The van der Waals surface area contributed by atoms with Gasteiger partial charge in [-0.15, -0.1) is 13.2 Å². The fraction of sp³-hybridized carbons (Fsp3) is 0.316. The van der Waals surface area contributed by atoms with Gasteiger partial charge in [0.25, 0.3) is 10.0 Å². The minimum absolute atomic E-state index is 0.0997. The van der Waals surface area contributed by atoms with Crippen LogP contribution in [-0.2, 0) is 10.0 Å². The lowest BCUT2D eigenvalue weighted by atomic mass is 10.1. The Morgan fingerprint density at radius 2 is 1.87 bits per heavy atom. The van der Waals surface area contributed by atoms with Gasteiger partial charge in [0.1, 0.15) is 11.3 Å². The summed E-state index contributed by atoms with van der Waals surface area (Å²) in [7, 11) is -4.19. The molecule has 0 spiro atoms. The molecular weight excluding hydrogens is 421 g/mol. The maximum atomic E-state index is 13.3. The van der Waals surface area contributed by atoms with E-state index in [1.54, 1.807) is 18.3 Å². The number of piperidine rings is 1. The number of hydrogen-bond acceptors (Lipinski definition) is 6. The Labute approximate surface area is 170 Å². The number of anilines is 1. The first-order chi connectivity index (χ1) is 14.1. The van der Waals surface area contributed by atoms with Crippen LogP contribution in [0.3, 0.4) is 0 Å². The monoisotopic (exact) mass is 440 g/mol. The lowest BCUT2D eigenvalue weighted by Crippen LogP contribution is -2.39. The summed E-state index contributed by atoms with van der Waals surface area (Å²) in [4.78, 5) is 6.04. The maximum absolute atomic E-state index is 13.3. The molecule has 0 bridgehead atoms. The second-order valence-corrected chi connectivity index (χ2v) is 8.85. The molecule has 30 heavy (non-hydrogen) atoms. The highest BCUT2D eigenvalue weighted by Gasteiger charge is 2.32. The minimum atomic E-state index is -4.92. The van der Waals surface area contributed by atoms with Gasteiger partial charge >= 0.3 is 6.36 Å². The highest BCUT2D eigenvalue weighted by molar-refractivity contribution is 7.90. The Hall–Kier alpha value is -2.79. The summed E-state index contributed by atoms with van der Waals surface area (Å²) in [6.07, 6.45) is -0.363. The molecule has 11 heteroatoms. The Morgan fingerprint density at radius 3 is 2.57 bits per heavy atom. The average Bonchev–Trinajstić information content (AvgIpc) is 3.08. The number of nitrogens with zero attached hydrogens (tertiary/aromatic N) is 3. The van der Waals surface area contributed by atoms with Crippen molar-refractivity contribution in [2.45, 2.75) is 30.1 Å². The Bertz CT molecular complexity index is 1170. The Kier molecular flexibility index (Phi) is 5.10. The maximum Gasteiger partial charge on any atom is 0.573 e. The zero-order valence-corrected chi connectivity index (χ0v) is 16.5. The molecule has 7 nitrogen and oxygen atoms in total. The van der Waals surface area contributed by atoms with Gasteiger partial charge in [-0.2, -0.15) is 0 Å². The van der Waals surface area contributed by atoms with Crippen molar-refractivity contribution in [3.05, 3.63) is 48.8 Å². The van der Waals surface area contributed by atoms with Gasteiger partial charge in [0.05, 0.1) is 16.1 Å². The van der Waals surface area contributed by atoms with Gasteiger partial charge in [-0.3, -0.25) is 4.98 Å². The summed E-state index contributed by atoms with van der Waals surface area (Å²) in [5.41, 5.74) is 7.44. The van der Waals surface area contributed by atoms with Crippen LogP contribution in [0.4, 0.5) is 18.9 Å². The van der Waals surface area contributed by atoms with Gasteiger partial charge in [-0.1, -0.05) is 6.07 Å². The minimum Gasteiger partial charge on any atom is -0.406 e. The summed E-state index contributed by atoms with van der Waals surface area (Å²) in [5, 5.41) is 0. The van der Waals surface area contributed by atoms with Crippen LogP contribution < -0.4 is 15.4 Å². The molecule has 3 aromatic rings. The molecular formula is C19H19F3N4O3S. The van der Waals surface area contributed by atoms with E-state index in [0.29, 0.717) is 29.8 Å². The van der Waals surface area contributed by atoms with E-state index in [1.165, 1.54) is 18.3 Å². The standard InChI is InChI=1S/C19H19F3N4O3S/c20-19(21,22)29-14-3-1-4-15(11-14)30(27,28)26-12-17(18-16(26)5-2-8-24-18)25-9-6-13(23)7-10-25/h1-5,8,11-13H,6-7,9-10,23H2. The molecule has 0 amide bonds. The van der Waals surface area contributed by atoms with E-state index >= 15 is 0 Å². The Morgan fingerprint density at radius 1 is 1.13 bits per heavy atom. The molecule has 1 aromatic carbocycles. The summed E-state index contributed by atoms with van der Waals surface area (Å²) < 4.78 is 69.1. The molecule has 1 fully saturated rings. The van der Waals surface area contributed by atoms with E-state index in [-0.39, 0.29) is 10.9 Å². The zero-order valence-electron chi connectivity index (χ0n) is 15.7. The lowest BCUT2D eigenvalue weighted by Gasteiger charge is -2.31. The molecule has 0 atom stereocenters. The van der Waals surface area contributed by atoms with Crippen molar-refractivity contribution in [1.29, 1.82) is 0 Å². The van der Waals surface area contributed by atoms with Crippen molar-refractivity contribution in [1.82, 2.24) is 8.96 Å². The summed E-state index contributed by atoms with van der Waals surface area (Å²) >= 11 is 0. The molecule has 1 saturated heterocycles. The van der Waals surface area contributed by atoms with Crippen molar-refractivity contribution in [3.63, 3.8) is 0 Å². The SMILES string of the molecule is NC1CCN(c2cn(S(=O)(=O)c3cccc(OC(F)(F)F)c3)c3cccnc23)CC1. The van der Waals surface area contributed by atoms with Crippen LogP contribution in [0.5, 0.6) is 5.75 Å². The number of alkyl halides is 3. The van der Waals surface area contributed by atoms with E-state index < -0.39 is 22.1 Å². The summed E-state index contributed by atoms with van der Waals surface area (Å²) in [5.74, 6) is -0.608. The second-order valence-electron chi connectivity index (χ2n) is 7.03. The van der Waals surface area contributed by atoms with E-state index in [2.05, 4.69) is 9.72 Å². The van der Waals surface area contributed by atoms with Crippen LogP contribution >= 0.6 is 0 Å². The number of fused-ring (bicyclic) bond motifs is 1.